The van der Waals surface area contributed by atoms with Crippen LogP contribution < -0.4 is 0 Å². The average molecular weight is 218 g/mol. The standard InChI is InChI=1S/C14H18O2/c1-2-10-9-13(16)7-8-14(10)11-3-5-12(15)6-4-11/h7-9,11,16H,2-6H2,1H3. The van der Waals surface area contributed by atoms with Gasteiger partial charge in [0.05, 0.1) is 0 Å². The molecule has 2 heteroatoms. The van der Waals surface area contributed by atoms with E-state index in [0.29, 0.717) is 30.3 Å². The predicted molar refractivity (Wildman–Crippen MR) is 63.7 cm³/mol. The number of aryl methyl sites for hydroxylation is 1. The lowest BCUT2D eigenvalue weighted by Crippen LogP contribution is -2.13. The number of ketones is 1. The van der Waals surface area contributed by atoms with Gasteiger partial charge in [-0.3, -0.25) is 4.79 Å². The fourth-order valence-electron chi connectivity index (χ4n) is 2.55. The maximum atomic E-state index is 11.2. The van der Waals surface area contributed by atoms with Crippen LogP contribution in [0.3, 0.4) is 0 Å². The monoisotopic (exact) mass is 218 g/mol. The Hall–Kier alpha value is -1.31. The Labute approximate surface area is 96.3 Å². The molecule has 2 rings (SSSR count). The third-order valence-corrected chi connectivity index (χ3v) is 3.49. The van der Waals surface area contributed by atoms with Crippen molar-refractivity contribution in [2.75, 3.05) is 0 Å². The van der Waals surface area contributed by atoms with Crippen LogP contribution >= 0.6 is 0 Å². The van der Waals surface area contributed by atoms with Crippen LogP contribution in [0.2, 0.25) is 0 Å². The summed E-state index contributed by atoms with van der Waals surface area (Å²) < 4.78 is 0. The van der Waals surface area contributed by atoms with Gasteiger partial charge in [0.2, 0.25) is 0 Å². The molecular formula is C14H18O2. The normalized spacial score (nSPS) is 17.7. The van der Waals surface area contributed by atoms with E-state index in [0.717, 1.165) is 19.3 Å². The maximum absolute atomic E-state index is 11.2. The number of hydrogen-bond donors (Lipinski definition) is 1. The van der Waals surface area contributed by atoms with Crippen molar-refractivity contribution in [3.63, 3.8) is 0 Å². The summed E-state index contributed by atoms with van der Waals surface area (Å²) in [4.78, 5) is 11.2. The van der Waals surface area contributed by atoms with Crippen LogP contribution in [0.4, 0.5) is 0 Å². The second-order valence-electron chi connectivity index (χ2n) is 4.55. The smallest absolute Gasteiger partial charge is 0.132 e. The van der Waals surface area contributed by atoms with E-state index < -0.39 is 0 Å². The van der Waals surface area contributed by atoms with E-state index in [1.165, 1.54) is 11.1 Å². The van der Waals surface area contributed by atoms with Gasteiger partial charge in [0.1, 0.15) is 11.5 Å². The van der Waals surface area contributed by atoms with Crippen molar-refractivity contribution >= 4 is 5.78 Å². The molecule has 1 fully saturated rings. The largest absolute Gasteiger partial charge is 0.508 e. The van der Waals surface area contributed by atoms with Gasteiger partial charge in [0.25, 0.3) is 0 Å². The molecule has 1 N–H and O–H groups in total. The minimum Gasteiger partial charge on any atom is -0.508 e. The highest BCUT2D eigenvalue weighted by molar-refractivity contribution is 5.79. The fourth-order valence-corrected chi connectivity index (χ4v) is 2.55. The first-order chi connectivity index (χ1) is 7.70. The molecule has 86 valence electrons. The molecule has 1 aromatic carbocycles. The number of phenolic OH excluding ortho intramolecular Hbond substituents is 1. The first kappa shape index (κ1) is 11.2. The van der Waals surface area contributed by atoms with E-state index in [9.17, 15) is 9.90 Å². The molecular weight excluding hydrogens is 200 g/mol. The van der Waals surface area contributed by atoms with Gasteiger partial charge < -0.3 is 5.11 Å². The first-order valence-corrected chi connectivity index (χ1v) is 6.04. The van der Waals surface area contributed by atoms with Crippen LogP contribution in [0.1, 0.15) is 49.7 Å². The molecule has 16 heavy (non-hydrogen) atoms. The van der Waals surface area contributed by atoms with E-state index in [-0.39, 0.29) is 0 Å². The summed E-state index contributed by atoms with van der Waals surface area (Å²) in [6, 6.07) is 5.63. The van der Waals surface area contributed by atoms with Crippen molar-refractivity contribution in [1.29, 1.82) is 0 Å². The summed E-state index contributed by atoms with van der Waals surface area (Å²) in [5.74, 6) is 1.24. The predicted octanol–water partition coefficient (Wildman–Crippen LogP) is 3.18. The van der Waals surface area contributed by atoms with Crippen LogP contribution in [0.25, 0.3) is 0 Å². The van der Waals surface area contributed by atoms with Crippen LogP contribution in [0.5, 0.6) is 5.75 Å². The molecule has 1 saturated carbocycles. The number of aromatic hydroxyl groups is 1. The van der Waals surface area contributed by atoms with Crippen molar-refractivity contribution < 1.29 is 9.90 Å². The SMILES string of the molecule is CCc1cc(O)ccc1C1CCC(=O)CC1. The number of Topliss-reactive ketones (excluding diaryl/α,β-unsaturated/α-hetero) is 1. The minimum atomic E-state index is 0.340. The van der Waals surface area contributed by atoms with Gasteiger partial charge in [-0.25, -0.2) is 0 Å². The van der Waals surface area contributed by atoms with Crippen molar-refractivity contribution in [1.82, 2.24) is 0 Å². The summed E-state index contributed by atoms with van der Waals surface area (Å²) in [7, 11) is 0. The quantitative estimate of drug-likeness (QED) is 0.827. The van der Waals surface area contributed by atoms with Gasteiger partial charge in [-0.2, -0.15) is 0 Å². The van der Waals surface area contributed by atoms with Crippen LogP contribution in [-0.2, 0) is 11.2 Å². The summed E-state index contributed by atoms with van der Waals surface area (Å²) >= 11 is 0. The summed E-state index contributed by atoms with van der Waals surface area (Å²) in [5.41, 5.74) is 2.55. The lowest BCUT2D eigenvalue weighted by atomic mass is 9.81. The molecule has 2 nitrogen and oxygen atoms in total. The molecule has 0 spiro atoms. The molecule has 0 unspecified atom stereocenters. The van der Waals surface area contributed by atoms with Crippen LogP contribution in [0.15, 0.2) is 18.2 Å². The molecule has 0 aliphatic heterocycles. The zero-order chi connectivity index (χ0) is 11.5. The highest BCUT2D eigenvalue weighted by Gasteiger charge is 2.21. The number of carbonyl (C=O) groups excluding carboxylic acids is 1. The molecule has 0 heterocycles. The molecule has 0 saturated heterocycles. The van der Waals surface area contributed by atoms with Crippen LogP contribution in [-0.4, -0.2) is 10.9 Å². The Bertz CT molecular complexity index is 386. The molecule has 0 aromatic heterocycles. The minimum absolute atomic E-state index is 0.340. The van der Waals surface area contributed by atoms with E-state index in [4.69, 9.17) is 0 Å². The lowest BCUT2D eigenvalue weighted by Gasteiger charge is -2.23. The van der Waals surface area contributed by atoms with Gasteiger partial charge in [-0.05, 0) is 48.4 Å². The molecule has 1 aliphatic carbocycles. The Morgan fingerprint density at radius 3 is 2.62 bits per heavy atom. The zero-order valence-corrected chi connectivity index (χ0v) is 9.70. The van der Waals surface area contributed by atoms with E-state index in [1.807, 2.05) is 12.1 Å². The van der Waals surface area contributed by atoms with E-state index in [2.05, 4.69) is 6.92 Å². The molecule has 1 aliphatic rings. The van der Waals surface area contributed by atoms with Crippen LogP contribution in [0, 0.1) is 0 Å². The third-order valence-electron chi connectivity index (χ3n) is 3.49. The lowest BCUT2D eigenvalue weighted by molar-refractivity contribution is -0.120. The Kier molecular flexibility index (Phi) is 3.28. The van der Waals surface area contributed by atoms with Crippen molar-refractivity contribution in [2.24, 2.45) is 0 Å². The zero-order valence-electron chi connectivity index (χ0n) is 9.70. The molecule has 1 aromatic rings. The number of rotatable bonds is 2. The van der Waals surface area contributed by atoms with Gasteiger partial charge in [-0.15, -0.1) is 0 Å². The van der Waals surface area contributed by atoms with Gasteiger partial charge in [0.15, 0.2) is 0 Å². The van der Waals surface area contributed by atoms with Crippen molar-refractivity contribution in [2.45, 2.75) is 44.9 Å². The fraction of sp³-hybridized carbons (Fsp3) is 0.500. The molecule has 0 radical (unpaired) electrons. The molecule has 0 amide bonds. The highest BCUT2D eigenvalue weighted by atomic mass is 16.3. The second kappa shape index (κ2) is 4.69. The van der Waals surface area contributed by atoms with E-state index >= 15 is 0 Å². The maximum Gasteiger partial charge on any atom is 0.132 e. The summed E-state index contributed by atoms with van der Waals surface area (Å²) in [6.07, 6.45) is 4.31. The Morgan fingerprint density at radius 2 is 2.00 bits per heavy atom. The van der Waals surface area contributed by atoms with Gasteiger partial charge >= 0.3 is 0 Å². The van der Waals surface area contributed by atoms with Crippen molar-refractivity contribution in [3.8, 4) is 5.75 Å². The molecule has 0 bridgehead atoms. The highest BCUT2D eigenvalue weighted by Crippen LogP contribution is 2.34. The number of phenols is 1. The first-order valence-electron chi connectivity index (χ1n) is 6.04. The summed E-state index contributed by atoms with van der Waals surface area (Å²) in [6.45, 7) is 2.10. The molecule has 0 atom stereocenters. The second-order valence-corrected chi connectivity index (χ2v) is 4.55. The van der Waals surface area contributed by atoms with Gasteiger partial charge in [0, 0.05) is 12.8 Å². The average Bonchev–Trinajstić information content (AvgIpc) is 2.30. The van der Waals surface area contributed by atoms with E-state index in [1.54, 1.807) is 6.07 Å². The van der Waals surface area contributed by atoms with Gasteiger partial charge in [-0.1, -0.05) is 13.0 Å². The third kappa shape index (κ3) is 2.26. The van der Waals surface area contributed by atoms with Crippen molar-refractivity contribution in [3.05, 3.63) is 29.3 Å². The number of benzene rings is 1. The number of carbonyl (C=O) groups is 1. The summed E-state index contributed by atoms with van der Waals surface area (Å²) in [5, 5.41) is 9.45. The Morgan fingerprint density at radius 1 is 1.31 bits per heavy atom. The number of hydrogen-bond acceptors (Lipinski definition) is 2. The topological polar surface area (TPSA) is 37.3 Å². The Balaban J connectivity index is 2.22.